The number of aromatic carboxylic acids is 1. The SMILES string of the molecule is CCn1cc(S(=O)(=O)N2CCN(c3cccc(C)c3)CC2)cc1C(=O)O. The third-order valence-corrected chi connectivity index (χ3v) is 6.54. The normalized spacial score (nSPS) is 16.0. The van der Waals surface area contributed by atoms with E-state index in [0.717, 1.165) is 5.69 Å². The highest BCUT2D eigenvalue weighted by molar-refractivity contribution is 7.89. The molecule has 1 N–H and O–H groups in total. The molecule has 2 heterocycles. The molecule has 7 nitrogen and oxygen atoms in total. The van der Waals surface area contributed by atoms with Gasteiger partial charge in [0.15, 0.2) is 0 Å². The number of nitrogens with zero attached hydrogens (tertiary/aromatic N) is 3. The van der Waals surface area contributed by atoms with Crippen molar-refractivity contribution in [3.63, 3.8) is 0 Å². The summed E-state index contributed by atoms with van der Waals surface area (Å²) in [6, 6.07) is 9.38. The molecular weight excluding hydrogens is 354 g/mol. The van der Waals surface area contributed by atoms with E-state index in [2.05, 4.69) is 11.0 Å². The largest absolute Gasteiger partial charge is 0.477 e. The molecule has 0 unspecified atom stereocenters. The predicted molar refractivity (Wildman–Crippen MR) is 99.2 cm³/mol. The van der Waals surface area contributed by atoms with Gasteiger partial charge in [0.25, 0.3) is 0 Å². The Morgan fingerprint density at radius 1 is 1.15 bits per heavy atom. The first-order valence-electron chi connectivity index (χ1n) is 8.58. The topological polar surface area (TPSA) is 82.9 Å². The van der Waals surface area contributed by atoms with Crippen LogP contribution in [0, 0.1) is 6.92 Å². The summed E-state index contributed by atoms with van der Waals surface area (Å²) in [5.74, 6) is -1.13. The van der Waals surface area contributed by atoms with Crippen LogP contribution in [0.1, 0.15) is 23.0 Å². The standard InChI is InChI=1S/C18H23N3O4S/c1-3-19-13-16(12-17(19)18(22)23)26(24,25)21-9-7-20(8-10-21)15-6-4-5-14(2)11-15/h4-6,11-13H,3,7-10H2,1-2H3,(H,22,23). The van der Waals surface area contributed by atoms with E-state index >= 15 is 0 Å². The Labute approximate surface area is 153 Å². The fourth-order valence-corrected chi connectivity index (χ4v) is 4.69. The highest BCUT2D eigenvalue weighted by Gasteiger charge is 2.30. The van der Waals surface area contributed by atoms with Crippen molar-refractivity contribution in [2.45, 2.75) is 25.3 Å². The quantitative estimate of drug-likeness (QED) is 0.862. The first kappa shape index (κ1) is 18.5. The zero-order valence-corrected chi connectivity index (χ0v) is 15.7. The maximum Gasteiger partial charge on any atom is 0.352 e. The number of carbonyl (C=O) groups is 1. The number of carboxylic acid groups (broad SMARTS) is 1. The van der Waals surface area contributed by atoms with E-state index < -0.39 is 16.0 Å². The van der Waals surface area contributed by atoms with E-state index in [1.54, 1.807) is 6.92 Å². The van der Waals surface area contributed by atoms with Crippen LogP contribution in [-0.4, -0.2) is 54.5 Å². The number of benzene rings is 1. The summed E-state index contributed by atoms with van der Waals surface area (Å²) < 4.78 is 28.7. The van der Waals surface area contributed by atoms with Gasteiger partial charge in [-0.05, 0) is 37.6 Å². The monoisotopic (exact) mass is 377 g/mol. The Balaban J connectivity index is 1.77. The van der Waals surface area contributed by atoms with Crippen LogP contribution in [0.4, 0.5) is 5.69 Å². The molecule has 1 saturated heterocycles. The molecule has 140 valence electrons. The van der Waals surface area contributed by atoms with Crippen molar-refractivity contribution in [1.82, 2.24) is 8.87 Å². The number of carboxylic acids is 1. The maximum atomic E-state index is 12.9. The molecule has 0 radical (unpaired) electrons. The van der Waals surface area contributed by atoms with Crippen molar-refractivity contribution in [2.75, 3.05) is 31.1 Å². The van der Waals surface area contributed by atoms with Gasteiger partial charge in [0.05, 0.1) is 0 Å². The second-order valence-electron chi connectivity index (χ2n) is 6.38. The van der Waals surface area contributed by atoms with E-state index in [0.29, 0.717) is 32.7 Å². The Kier molecular flexibility index (Phi) is 5.06. The van der Waals surface area contributed by atoms with E-state index in [4.69, 9.17) is 0 Å². The summed E-state index contributed by atoms with van der Waals surface area (Å²) in [7, 11) is -3.70. The van der Waals surface area contributed by atoms with Gasteiger partial charge in [0, 0.05) is 44.6 Å². The molecule has 1 aliphatic rings. The lowest BCUT2D eigenvalue weighted by Gasteiger charge is -2.35. The highest BCUT2D eigenvalue weighted by atomic mass is 32.2. The third-order valence-electron chi connectivity index (χ3n) is 4.67. The molecule has 1 aromatic heterocycles. The van der Waals surface area contributed by atoms with Crippen molar-refractivity contribution < 1.29 is 18.3 Å². The van der Waals surface area contributed by atoms with Crippen LogP contribution in [0.2, 0.25) is 0 Å². The Morgan fingerprint density at radius 2 is 1.85 bits per heavy atom. The molecule has 0 amide bonds. The van der Waals surface area contributed by atoms with Crippen molar-refractivity contribution in [3.8, 4) is 0 Å². The lowest BCUT2D eigenvalue weighted by molar-refractivity contribution is 0.0685. The fraction of sp³-hybridized carbons (Fsp3) is 0.389. The Bertz CT molecular complexity index is 912. The minimum Gasteiger partial charge on any atom is -0.477 e. The zero-order valence-electron chi connectivity index (χ0n) is 14.9. The van der Waals surface area contributed by atoms with E-state index in [9.17, 15) is 18.3 Å². The fourth-order valence-electron chi connectivity index (χ4n) is 3.23. The second kappa shape index (κ2) is 7.13. The zero-order chi connectivity index (χ0) is 18.9. The molecule has 8 heteroatoms. The molecule has 3 rings (SSSR count). The molecule has 2 aromatic rings. The van der Waals surface area contributed by atoms with Crippen molar-refractivity contribution >= 4 is 21.7 Å². The minimum absolute atomic E-state index is 0.00975. The Morgan fingerprint density at radius 3 is 2.38 bits per heavy atom. The first-order chi connectivity index (χ1) is 12.3. The summed E-state index contributed by atoms with van der Waals surface area (Å²) in [4.78, 5) is 13.5. The lowest BCUT2D eigenvalue weighted by Crippen LogP contribution is -2.48. The number of aromatic nitrogens is 1. The molecule has 0 bridgehead atoms. The van der Waals surface area contributed by atoms with Gasteiger partial charge in [-0.2, -0.15) is 4.31 Å². The van der Waals surface area contributed by atoms with Gasteiger partial charge in [0.1, 0.15) is 10.6 Å². The molecular formula is C18H23N3O4S. The summed E-state index contributed by atoms with van der Waals surface area (Å²) in [5.41, 5.74) is 2.25. The average molecular weight is 377 g/mol. The van der Waals surface area contributed by atoms with E-state index in [1.807, 2.05) is 25.1 Å². The van der Waals surface area contributed by atoms with Crippen molar-refractivity contribution in [2.24, 2.45) is 0 Å². The van der Waals surface area contributed by atoms with E-state index in [1.165, 1.54) is 26.7 Å². The third kappa shape index (κ3) is 3.47. The van der Waals surface area contributed by atoms with Crippen LogP contribution in [0.25, 0.3) is 0 Å². The summed E-state index contributed by atoms with van der Waals surface area (Å²) >= 11 is 0. The lowest BCUT2D eigenvalue weighted by atomic mass is 10.2. The highest BCUT2D eigenvalue weighted by Crippen LogP contribution is 2.23. The van der Waals surface area contributed by atoms with Crippen molar-refractivity contribution in [3.05, 3.63) is 47.8 Å². The molecule has 0 atom stereocenters. The van der Waals surface area contributed by atoms with Crippen molar-refractivity contribution in [1.29, 1.82) is 0 Å². The van der Waals surface area contributed by atoms with Gasteiger partial charge in [-0.1, -0.05) is 12.1 Å². The first-order valence-corrected chi connectivity index (χ1v) is 10.0. The molecule has 1 fully saturated rings. The number of hydrogen-bond donors (Lipinski definition) is 1. The van der Waals surface area contributed by atoms with Crippen LogP contribution in [0.5, 0.6) is 0 Å². The van der Waals surface area contributed by atoms with Gasteiger partial charge in [-0.3, -0.25) is 0 Å². The predicted octanol–water partition coefficient (Wildman–Crippen LogP) is 2.03. The number of rotatable bonds is 5. The molecule has 0 aliphatic carbocycles. The average Bonchev–Trinajstić information content (AvgIpc) is 3.07. The maximum absolute atomic E-state index is 12.9. The number of aryl methyl sites for hydroxylation is 2. The van der Waals surface area contributed by atoms with Crippen LogP contribution in [0.3, 0.4) is 0 Å². The number of hydrogen-bond acceptors (Lipinski definition) is 4. The van der Waals surface area contributed by atoms with E-state index in [-0.39, 0.29) is 10.6 Å². The van der Waals surface area contributed by atoms with Crippen LogP contribution >= 0.6 is 0 Å². The van der Waals surface area contributed by atoms with Crippen LogP contribution < -0.4 is 4.90 Å². The Hall–Kier alpha value is -2.32. The molecule has 0 saturated carbocycles. The molecule has 1 aliphatic heterocycles. The van der Waals surface area contributed by atoms with Gasteiger partial charge < -0.3 is 14.6 Å². The van der Waals surface area contributed by atoms with Gasteiger partial charge >= 0.3 is 5.97 Å². The summed E-state index contributed by atoms with van der Waals surface area (Å²) in [6.45, 7) is 6.16. The smallest absolute Gasteiger partial charge is 0.352 e. The number of piperazine rings is 1. The van der Waals surface area contributed by atoms with Gasteiger partial charge in [-0.25, -0.2) is 13.2 Å². The van der Waals surface area contributed by atoms with Crippen LogP contribution in [0.15, 0.2) is 41.4 Å². The van der Waals surface area contributed by atoms with Gasteiger partial charge in [0.2, 0.25) is 10.0 Å². The molecule has 1 aromatic carbocycles. The number of anilines is 1. The van der Waals surface area contributed by atoms with Crippen LogP contribution in [-0.2, 0) is 16.6 Å². The summed E-state index contributed by atoms with van der Waals surface area (Å²) in [6.07, 6.45) is 1.41. The number of sulfonamides is 1. The molecule has 0 spiro atoms. The van der Waals surface area contributed by atoms with Gasteiger partial charge in [-0.15, -0.1) is 0 Å². The second-order valence-corrected chi connectivity index (χ2v) is 8.32. The molecule has 26 heavy (non-hydrogen) atoms. The minimum atomic E-state index is -3.70. The summed E-state index contributed by atoms with van der Waals surface area (Å²) in [5, 5.41) is 9.23.